The lowest BCUT2D eigenvalue weighted by molar-refractivity contribution is 0.415. The second kappa shape index (κ2) is 5.18. The van der Waals surface area contributed by atoms with Gasteiger partial charge in [0.2, 0.25) is 0 Å². The number of anilines is 1. The van der Waals surface area contributed by atoms with Crippen molar-refractivity contribution in [2.45, 2.75) is 19.4 Å². The fraction of sp³-hybridized carbons (Fsp3) is 0.385. The summed E-state index contributed by atoms with van der Waals surface area (Å²) in [6.07, 6.45) is 0.790. The van der Waals surface area contributed by atoms with Crippen LogP contribution in [0.2, 0.25) is 0 Å². The molecule has 0 amide bonds. The molecule has 0 aliphatic carbocycles. The third-order valence-electron chi connectivity index (χ3n) is 2.84. The molecule has 1 unspecified atom stereocenters. The van der Waals surface area contributed by atoms with Gasteiger partial charge in [-0.3, -0.25) is 0 Å². The molecule has 1 aromatic heterocycles. The monoisotopic (exact) mass is 246 g/mol. The van der Waals surface area contributed by atoms with E-state index in [-0.39, 0.29) is 6.04 Å². The second-order valence-corrected chi connectivity index (χ2v) is 4.41. The topological polar surface area (TPSA) is 68.2 Å². The Morgan fingerprint density at radius 2 is 1.94 bits per heavy atom. The van der Waals surface area contributed by atoms with Crippen LogP contribution in [0.25, 0.3) is 11.5 Å². The Balaban J connectivity index is 2.23. The molecule has 0 saturated heterocycles. The smallest absolute Gasteiger partial charge is 0.257 e. The summed E-state index contributed by atoms with van der Waals surface area (Å²) in [5, 5.41) is 3.90. The maximum Gasteiger partial charge on any atom is 0.257 e. The highest BCUT2D eigenvalue weighted by atomic mass is 16.5. The molecule has 2 rings (SSSR count). The van der Waals surface area contributed by atoms with E-state index >= 15 is 0 Å². The van der Waals surface area contributed by atoms with Gasteiger partial charge in [-0.15, -0.1) is 0 Å². The van der Waals surface area contributed by atoms with E-state index in [1.54, 1.807) is 0 Å². The molecule has 1 heterocycles. The molecule has 0 bridgehead atoms. The molecule has 0 radical (unpaired) electrons. The molecule has 18 heavy (non-hydrogen) atoms. The van der Waals surface area contributed by atoms with Crippen molar-refractivity contribution in [2.24, 2.45) is 5.73 Å². The maximum atomic E-state index is 5.86. The highest BCUT2D eigenvalue weighted by Gasteiger charge is 2.13. The SMILES string of the molecule is CCC(N)c1noc(-c2ccc(N(C)C)cc2)n1. The molecule has 1 atom stereocenters. The van der Waals surface area contributed by atoms with Crippen LogP contribution in [0.15, 0.2) is 28.8 Å². The summed E-state index contributed by atoms with van der Waals surface area (Å²) in [4.78, 5) is 6.35. The average Bonchev–Trinajstić information content (AvgIpc) is 2.87. The van der Waals surface area contributed by atoms with Crippen LogP contribution < -0.4 is 10.6 Å². The number of hydrogen-bond acceptors (Lipinski definition) is 5. The van der Waals surface area contributed by atoms with Gasteiger partial charge in [0.05, 0.1) is 6.04 Å². The summed E-state index contributed by atoms with van der Waals surface area (Å²) < 4.78 is 5.22. The first kappa shape index (κ1) is 12.6. The Kier molecular flexibility index (Phi) is 3.62. The van der Waals surface area contributed by atoms with Crippen molar-refractivity contribution in [2.75, 3.05) is 19.0 Å². The summed E-state index contributed by atoms with van der Waals surface area (Å²) in [5.41, 5.74) is 7.89. The Morgan fingerprint density at radius 3 is 2.50 bits per heavy atom. The zero-order valence-electron chi connectivity index (χ0n) is 10.9. The van der Waals surface area contributed by atoms with Crippen LogP contribution in [0.5, 0.6) is 0 Å². The molecule has 2 N–H and O–H groups in total. The number of hydrogen-bond donors (Lipinski definition) is 1. The Morgan fingerprint density at radius 1 is 1.28 bits per heavy atom. The second-order valence-electron chi connectivity index (χ2n) is 4.41. The fourth-order valence-corrected chi connectivity index (χ4v) is 1.59. The predicted octanol–water partition coefficient (Wildman–Crippen LogP) is 2.21. The van der Waals surface area contributed by atoms with E-state index in [1.165, 1.54) is 0 Å². The molecule has 0 aliphatic heterocycles. The molecule has 1 aromatic carbocycles. The summed E-state index contributed by atoms with van der Waals surface area (Å²) in [7, 11) is 4.00. The average molecular weight is 246 g/mol. The van der Waals surface area contributed by atoms with Gasteiger partial charge >= 0.3 is 0 Å². The van der Waals surface area contributed by atoms with Gasteiger partial charge < -0.3 is 15.2 Å². The van der Waals surface area contributed by atoms with Crippen LogP contribution in [0, 0.1) is 0 Å². The molecule has 0 saturated carbocycles. The third-order valence-corrected chi connectivity index (χ3v) is 2.84. The molecule has 5 nitrogen and oxygen atoms in total. The molecular weight excluding hydrogens is 228 g/mol. The van der Waals surface area contributed by atoms with Crippen molar-refractivity contribution < 1.29 is 4.52 Å². The van der Waals surface area contributed by atoms with Gasteiger partial charge in [-0.2, -0.15) is 4.98 Å². The van der Waals surface area contributed by atoms with Crippen molar-refractivity contribution in [3.63, 3.8) is 0 Å². The summed E-state index contributed by atoms with van der Waals surface area (Å²) in [6.45, 7) is 1.99. The van der Waals surface area contributed by atoms with E-state index in [0.717, 1.165) is 17.7 Å². The Hall–Kier alpha value is -1.88. The largest absolute Gasteiger partial charge is 0.378 e. The van der Waals surface area contributed by atoms with Crippen molar-refractivity contribution in [1.82, 2.24) is 10.1 Å². The van der Waals surface area contributed by atoms with Gasteiger partial charge in [0.1, 0.15) is 0 Å². The van der Waals surface area contributed by atoms with Crippen LogP contribution in [-0.2, 0) is 0 Å². The molecule has 96 valence electrons. The number of nitrogens with two attached hydrogens (primary N) is 1. The van der Waals surface area contributed by atoms with Gasteiger partial charge in [0.15, 0.2) is 5.82 Å². The summed E-state index contributed by atoms with van der Waals surface area (Å²) in [5.74, 6) is 1.07. The van der Waals surface area contributed by atoms with Gasteiger partial charge in [0.25, 0.3) is 5.89 Å². The van der Waals surface area contributed by atoms with E-state index in [0.29, 0.717) is 11.7 Å². The van der Waals surface area contributed by atoms with Crippen LogP contribution in [0.4, 0.5) is 5.69 Å². The van der Waals surface area contributed by atoms with Crippen molar-refractivity contribution in [3.8, 4) is 11.5 Å². The quantitative estimate of drug-likeness (QED) is 0.895. The lowest BCUT2D eigenvalue weighted by Crippen LogP contribution is -2.10. The van der Waals surface area contributed by atoms with Crippen LogP contribution in [0.1, 0.15) is 25.2 Å². The van der Waals surface area contributed by atoms with Crippen molar-refractivity contribution in [1.29, 1.82) is 0 Å². The number of nitrogens with zero attached hydrogens (tertiary/aromatic N) is 3. The first-order valence-electron chi connectivity index (χ1n) is 5.98. The molecule has 5 heteroatoms. The lowest BCUT2D eigenvalue weighted by atomic mass is 10.2. The van der Waals surface area contributed by atoms with Crippen molar-refractivity contribution >= 4 is 5.69 Å². The Bertz CT molecular complexity index is 504. The van der Waals surface area contributed by atoms with E-state index in [4.69, 9.17) is 10.3 Å². The zero-order chi connectivity index (χ0) is 13.1. The molecule has 0 fully saturated rings. The lowest BCUT2D eigenvalue weighted by Gasteiger charge is -2.11. The van der Waals surface area contributed by atoms with E-state index < -0.39 is 0 Å². The van der Waals surface area contributed by atoms with Gasteiger partial charge in [0, 0.05) is 25.3 Å². The molecule has 0 aliphatic rings. The highest BCUT2D eigenvalue weighted by molar-refractivity contribution is 5.58. The van der Waals surface area contributed by atoms with Gasteiger partial charge in [-0.05, 0) is 30.7 Å². The minimum atomic E-state index is -0.163. The van der Waals surface area contributed by atoms with Gasteiger partial charge in [-0.25, -0.2) is 0 Å². The van der Waals surface area contributed by atoms with Gasteiger partial charge in [-0.1, -0.05) is 12.1 Å². The third kappa shape index (κ3) is 2.51. The minimum Gasteiger partial charge on any atom is -0.378 e. The molecule has 0 spiro atoms. The van der Waals surface area contributed by atoms with E-state index in [1.807, 2.05) is 50.2 Å². The molecular formula is C13H18N4O. The fourth-order valence-electron chi connectivity index (χ4n) is 1.59. The predicted molar refractivity (Wildman–Crippen MR) is 71.3 cm³/mol. The number of benzene rings is 1. The number of aromatic nitrogens is 2. The van der Waals surface area contributed by atoms with Crippen LogP contribution in [-0.4, -0.2) is 24.2 Å². The highest BCUT2D eigenvalue weighted by Crippen LogP contribution is 2.22. The van der Waals surface area contributed by atoms with Crippen LogP contribution in [0.3, 0.4) is 0 Å². The zero-order valence-corrected chi connectivity index (χ0v) is 10.9. The van der Waals surface area contributed by atoms with E-state index in [9.17, 15) is 0 Å². The van der Waals surface area contributed by atoms with Crippen LogP contribution >= 0.6 is 0 Å². The molecule has 2 aromatic rings. The summed E-state index contributed by atoms with van der Waals surface area (Å²) in [6, 6.07) is 7.79. The first-order chi connectivity index (χ1) is 8.61. The maximum absolute atomic E-state index is 5.86. The normalized spacial score (nSPS) is 12.4. The first-order valence-corrected chi connectivity index (χ1v) is 5.98. The number of rotatable bonds is 4. The van der Waals surface area contributed by atoms with E-state index in [2.05, 4.69) is 10.1 Å². The Labute approximate surface area is 107 Å². The van der Waals surface area contributed by atoms with Crippen molar-refractivity contribution in [3.05, 3.63) is 30.1 Å². The minimum absolute atomic E-state index is 0.163. The standard InChI is InChI=1S/C13H18N4O/c1-4-11(14)12-15-13(18-16-12)9-5-7-10(8-6-9)17(2)3/h5-8,11H,4,14H2,1-3H3. The summed E-state index contributed by atoms with van der Waals surface area (Å²) >= 11 is 0.